The van der Waals surface area contributed by atoms with Crippen LogP contribution >= 0.6 is 0 Å². The normalized spacial score (nSPS) is 26.7. The SMILES string of the molecule is NC(=NCC1COC2(CCCC2)O1)NC1CCN(Cc2ccccc2)CC1. The van der Waals surface area contributed by atoms with Crippen LogP contribution in [0, 0.1) is 0 Å². The largest absolute Gasteiger partial charge is 0.370 e. The predicted octanol–water partition coefficient (Wildman–Crippen LogP) is 2.24. The molecule has 0 radical (unpaired) electrons. The molecule has 2 heterocycles. The molecule has 2 aliphatic heterocycles. The molecule has 1 saturated carbocycles. The van der Waals surface area contributed by atoms with E-state index in [0.717, 1.165) is 45.3 Å². The van der Waals surface area contributed by atoms with Crippen molar-refractivity contribution in [3.05, 3.63) is 35.9 Å². The zero-order chi connectivity index (χ0) is 18.5. The number of aliphatic imine (C=N–C) groups is 1. The minimum absolute atomic E-state index is 0.0381. The number of guanidine groups is 1. The third-order valence-corrected chi connectivity index (χ3v) is 5.93. The van der Waals surface area contributed by atoms with Crippen LogP contribution in [0.3, 0.4) is 0 Å². The highest BCUT2D eigenvalue weighted by Crippen LogP contribution is 2.39. The van der Waals surface area contributed by atoms with Crippen LogP contribution in [0.1, 0.15) is 44.1 Å². The molecule has 0 bridgehead atoms. The number of likely N-dealkylation sites (tertiary alicyclic amines) is 1. The van der Waals surface area contributed by atoms with Gasteiger partial charge in [-0.05, 0) is 31.2 Å². The van der Waals surface area contributed by atoms with E-state index in [9.17, 15) is 0 Å². The van der Waals surface area contributed by atoms with Gasteiger partial charge in [-0.2, -0.15) is 0 Å². The number of nitrogens with two attached hydrogens (primary N) is 1. The molecule has 1 spiro atoms. The third-order valence-electron chi connectivity index (χ3n) is 5.93. The average molecular weight is 373 g/mol. The second-order valence-electron chi connectivity index (χ2n) is 8.07. The highest BCUT2D eigenvalue weighted by Gasteiger charge is 2.43. The molecule has 27 heavy (non-hydrogen) atoms. The molecule has 2 saturated heterocycles. The maximum absolute atomic E-state index is 6.11. The Bertz CT molecular complexity index is 622. The van der Waals surface area contributed by atoms with Crippen LogP contribution < -0.4 is 11.1 Å². The van der Waals surface area contributed by atoms with Crippen LogP contribution in [-0.4, -0.2) is 55.0 Å². The van der Waals surface area contributed by atoms with Crippen molar-refractivity contribution in [2.24, 2.45) is 10.7 Å². The van der Waals surface area contributed by atoms with Crippen LogP contribution in [0.25, 0.3) is 0 Å². The monoisotopic (exact) mass is 372 g/mol. The fourth-order valence-corrected chi connectivity index (χ4v) is 4.41. The van der Waals surface area contributed by atoms with Crippen LogP contribution in [0.15, 0.2) is 35.3 Å². The average Bonchev–Trinajstić information content (AvgIpc) is 3.32. The predicted molar refractivity (Wildman–Crippen MR) is 106 cm³/mol. The molecule has 6 nitrogen and oxygen atoms in total. The van der Waals surface area contributed by atoms with Gasteiger partial charge in [0.2, 0.25) is 0 Å². The number of rotatable bonds is 5. The molecular formula is C21H32N4O2. The lowest BCUT2D eigenvalue weighted by molar-refractivity contribution is -0.160. The van der Waals surface area contributed by atoms with Gasteiger partial charge in [-0.3, -0.25) is 9.89 Å². The van der Waals surface area contributed by atoms with E-state index in [1.54, 1.807) is 0 Å². The first-order valence-electron chi connectivity index (χ1n) is 10.4. The van der Waals surface area contributed by atoms with E-state index in [-0.39, 0.29) is 11.9 Å². The van der Waals surface area contributed by atoms with Gasteiger partial charge >= 0.3 is 0 Å². The van der Waals surface area contributed by atoms with Crippen molar-refractivity contribution >= 4 is 5.96 Å². The van der Waals surface area contributed by atoms with Gasteiger partial charge in [0, 0.05) is 38.5 Å². The van der Waals surface area contributed by atoms with Crippen molar-refractivity contribution in [1.82, 2.24) is 10.2 Å². The molecule has 3 N–H and O–H groups in total. The quantitative estimate of drug-likeness (QED) is 0.613. The molecule has 1 unspecified atom stereocenters. The second kappa shape index (κ2) is 8.59. The molecule has 3 fully saturated rings. The molecule has 4 rings (SSSR count). The number of nitrogens with zero attached hydrogens (tertiary/aromatic N) is 2. The topological polar surface area (TPSA) is 72.1 Å². The Morgan fingerprint density at radius 1 is 1.19 bits per heavy atom. The summed E-state index contributed by atoms with van der Waals surface area (Å²) < 4.78 is 12.0. The number of ether oxygens (including phenoxy) is 2. The fraction of sp³-hybridized carbons (Fsp3) is 0.667. The Hall–Kier alpha value is -1.63. The zero-order valence-electron chi connectivity index (χ0n) is 16.1. The first kappa shape index (κ1) is 18.7. The fourth-order valence-electron chi connectivity index (χ4n) is 4.41. The first-order valence-corrected chi connectivity index (χ1v) is 10.4. The summed E-state index contributed by atoms with van der Waals surface area (Å²) >= 11 is 0. The Labute approximate surface area is 162 Å². The van der Waals surface area contributed by atoms with Crippen LogP contribution in [0.2, 0.25) is 0 Å². The minimum atomic E-state index is -0.312. The molecular weight excluding hydrogens is 340 g/mol. The van der Waals surface area contributed by atoms with Gasteiger partial charge in [0.25, 0.3) is 0 Å². The Morgan fingerprint density at radius 2 is 1.93 bits per heavy atom. The van der Waals surface area contributed by atoms with E-state index in [2.05, 4.69) is 45.5 Å². The number of hydrogen-bond donors (Lipinski definition) is 2. The highest BCUT2D eigenvalue weighted by atomic mass is 16.7. The first-order chi connectivity index (χ1) is 13.2. The second-order valence-corrected chi connectivity index (χ2v) is 8.07. The molecule has 6 heteroatoms. The minimum Gasteiger partial charge on any atom is -0.370 e. The molecule has 1 atom stereocenters. The van der Waals surface area contributed by atoms with Crippen molar-refractivity contribution in [2.75, 3.05) is 26.2 Å². The lowest BCUT2D eigenvalue weighted by Gasteiger charge is -2.32. The highest BCUT2D eigenvalue weighted by molar-refractivity contribution is 5.78. The van der Waals surface area contributed by atoms with Gasteiger partial charge in [-0.1, -0.05) is 30.3 Å². The summed E-state index contributed by atoms with van der Waals surface area (Å²) in [5.74, 6) is 0.223. The maximum Gasteiger partial charge on any atom is 0.188 e. The van der Waals surface area contributed by atoms with E-state index in [0.29, 0.717) is 25.2 Å². The van der Waals surface area contributed by atoms with Gasteiger partial charge in [0.05, 0.1) is 13.2 Å². The summed E-state index contributed by atoms with van der Waals surface area (Å²) in [5.41, 5.74) is 7.49. The lowest BCUT2D eigenvalue weighted by atomic mass is 10.0. The van der Waals surface area contributed by atoms with E-state index in [1.807, 2.05) is 0 Å². The summed E-state index contributed by atoms with van der Waals surface area (Å²) in [4.78, 5) is 7.01. The van der Waals surface area contributed by atoms with E-state index < -0.39 is 0 Å². The van der Waals surface area contributed by atoms with Crippen molar-refractivity contribution in [3.8, 4) is 0 Å². The van der Waals surface area contributed by atoms with Gasteiger partial charge in [-0.15, -0.1) is 0 Å². The summed E-state index contributed by atoms with van der Waals surface area (Å²) in [5, 5.41) is 3.39. The smallest absolute Gasteiger partial charge is 0.188 e. The molecule has 0 aromatic heterocycles. The standard InChI is InChI=1S/C21H32N4O2/c22-20(23-14-19-16-26-21(27-19)10-4-5-11-21)24-18-8-12-25(13-9-18)15-17-6-2-1-3-7-17/h1-3,6-7,18-19H,4-5,8-16H2,(H3,22,23,24). The van der Waals surface area contributed by atoms with Crippen LogP contribution in [0.4, 0.5) is 0 Å². The molecule has 1 aromatic rings. The summed E-state index contributed by atoms with van der Waals surface area (Å²) in [7, 11) is 0. The van der Waals surface area contributed by atoms with Crippen LogP contribution in [-0.2, 0) is 16.0 Å². The summed E-state index contributed by atoms with van der Waals surface area (Å²) in [6, 6.07) is 11.1. The van der Waals surface area contributed by atoms with Crippen molar-refractivity contribution in [2.45, 2.75) is 63.0 Å². The van der Waals surface area contributed by atoms with Gasteiger partial charge < -0.3 is 20.5 Å². The summed E-state index contributed by atoms with van der Waals surface area (Å²) in [6.45, 7) is 4.41. The zero-order valence-corrected chi connectivity index (χ0v) is 16.1. The van der Waals surface area contributed by atoms with E-state index in [4.69, 9.17) is 15.2 Å². The molecule has 0 amide bonds. The molecule has 1 aliphatic carbocycles. The molecule has 3 aliphatic rings. The number of benzene rings is 1. The molecule has 148 valence electrons. The van der Waals surface area contributed by atoms with Crippen molar-refractivity contribution in [1.29, 1.82) is 0 Å². The Balaban J connectivity index is 1.17. The number of hydrogen-bond acceptors (Lipinski definition) is 4. The lowest BCUT2D eigenvalue weighted by Crippen LogP contribution is -2.47. The van der Waals surface area contributed by atoms with E-state index in [1.165, 1.54) is 18.4 Å². The van der Waals surface area contributed by atoms with Gasteiger partial charge in [0.15, 0.2) is 11.7 Å². The number of nitrogens with one attached hydrogen (secondary N) is 1. The van der Waals surface area contributed by atoms with Crippen molar-refractivity contribution < 1.29 is 9.47 Å². The van der Waals surface area contributed by atoms with Crippen LogP contribution in [0.5, 0.6) is 0 Å². The van der Waals surface area contributed by atoms with E-state index >= 15 is 0 Å². The van der Waals surface area contributed by atoms with Gasteiger partial charge in [0.1, 0.15) is 6.10 Å². The van der Waals surface area contributed by atoms with Gasteiger partial charge in [-0.25, -0.2) is 0 Å². The van der Waals surface area contributed by atoms with Crippen molar-refractivity contribution in [3.63, 3.8) is 0 Å². The third kappa shape index (κ3) is 5.00. The Kier molecular flexibility index (Phi) is 5.95. The molecule has 1 aromatic carbocycles. The summed E-state index contributed by atoms with van der Waals surface area (Å²) in [6.07, 6.45) is 6.65. The number of piperidine rings is 1. The maximum atomic E-state index is 6.11. The Morgan fingerprint density at radius 3 is 2.67 bits per heavy atom.